The number of benzene rings is 1. The fourth-order valence-corrected chi connectivity index (χ4v) is 1.88. The van der Waals surface area contributed by atoms with E-state index in [-0.39, 0.29) is 51.4 Å². The predicted octanol–water partition coefficient (Wildman–Crippen LogP) is 1.48. The number of hydrogen-bond acceptors (Lipinski definition) is 1. The average Bonchev–Trinajstić information content (AvgIpc) is 2.37. The number of unbranched alkanes of at least 4 members (excludes halogenated alkanes) is 5. The van der Waals surface area contributed by atoms with Crippen LogP contribution in [0.5, 0.6) is 5.75 Å². The SMILES string of the molecule is CCCCCCCCOc1cccc([B-](F)(F)F)c1.[K+]. The van der Waals surface area contributed by atoms with E-state index in [9.17, 15) is 12.9 Å². The molecule has 0 saturated carbocycles. The first-order valence-electron chi connectivity index (χ1n) is 6.96. The molecule has 0 aromatic heterocycles. The zero-order chi connectivity index (χ0) is 14.1. The van der Waals surface area contributed by atoms with E-state index in [1.54, 1.807) is 6.07 Å². The molecule has 0 saturated heterocycles. The summed E-state index contributed by atoms with van der Waals surface area (Å²) in [5.41, 5.74) is -0.597. The van der Waals surface area contributed by atoms with Gasteiger partial charge in [0.15, 0.2) is 0 Å². The summed E-state index contributed by atoms with van der Waals surface area (Å²) in [6.45, 7) is -2.29. The van der Waals surface area contributed by atoms with Crippen molar-refractivity contribution < 1.29 is 69.1 Å². The van der Waals surface area contributed by atoms with Crippen LogP contribution in [0.4, 0.5) is 12.9 Å². The molecule has 0 N–H and O–H groups in total. The van der Waals surface area contributed by atoms with E-state index in [0.29, 0.717) is 12.4 Å². The first kappa shape index (κ1) is 20.5. The Balaban J connectivity index is 0.00000361. The summed E-state index contributed by atoms with van der Waals surface area (Å²) in [5.74, 6) is 0.310. The van der Waals surface area contributed by atoms with Gasteiger partial charge in [-0.2, -0.15) is 0 Å². The van der Waals surface area contributed by atoms with Crippen molar-refractivity contribution in [2.45, 2.75) is 45.4 Å². The zero-order valence-corrected chi connectivity index (χ0v) is 15.5. The second-order valence-corrected chi connectivity index (χ2v) is 4.76. The Morgan fingerprint density at radius 1 is 1.00 bits per heavy atom. The molecule has 108 valence electrons. The van der Waals surface area contributed by atoms with Gasteiger partial charge in [0.25, 0.3) is 0 Å². The summed E-state index contributed by atoms with van der Waals surface area (Å²) in [4.78, 5) is 0. The van der Waals surface area contributed by atoms with Gasteiger partial charge in [-0.1, -0.05) is 51.2 Å². The Morgan fingerprint density at radius 3 is 2.30 bits per heavy atom. The normalized spacial score (nSPS) is 11.0. The third-order valence-electron chi connectivity index (χ3n) is 3.00. The fraction of sp³-hybridized carbons (Fsp3) is 0.571. The van der Waals surface area contributed by atoms with Gasteiger partial charge in [0, 0.05) is 0 Å². The van der Waals surface area contributed by atoms with Crippen molar-refractivity contribution in [1.29, 1.82) is 0 Å². The number of hydrogen-bond donors (Lipinski definition) is 0. The van der Waals surface area contributed by atoms with Crippen LogP contribution in [0.3, 0.4) is 0 Å². The molecule has 0 aliphatic rings. The first-order valence-corrected chi connectivity index (χ1v) is 6.96. The molecule has 0 spiro atoms. The van der Waals surface area contributed by atoms with Crippen LogP contribution in [0.25, 0.3) is 0 Å². The third kappa shape index (κ3) is 8.72. The van der Waals surface area contributed by atoms with Crippen LogP contribution in [0.15, 0.2) is 24.3 Å². The predicted molar refractivity (Wildman–Crippen MR) is 74.0 cm³/mol. The smallest absolute Gasteiger partial charge is 0.494 e. The summed E-state index contributed by atoms with van der Waals surface area (Å²) < 4.78 is 43.0. The number of ether oxygens (including phenoxy) is 1. The second-order valence-electron chi connectivity index (χ2n) is 4.76. The van der Waals surface area contributed by atoms with Crippen molar-refractivity contribution >= 4 is 12.4 Å². The Morgan fingerprint density at radius 2 is 1.65 bits per heavy atom. The van der Waals surface area contributed by atoms with Crippen molar-refractivity contribution in [2.75, 3.05) is 6.61 Å². The molecule has 20 heavy (non-hydrogen) atoms. The molecular weight excluding hydrogens is 291 g/mol. The topological polar surface area (TPSA) is 9.23 Å². The summed E-state index contributed by atoms with van der Waals surface area (Å²) >= 11 is 0. The van der Waals surface area contributed by atoms with Crippen LogP contribution >= 0.6 is 0 Å². The van der Waals surface area contributed by atoms with E-state index < -0.39 is 12.4 Å². The summed E-state index contributed by atoms with van der Waals surface area (Å²) in [6.07, 6.45) is 6.82. The summed E-state index contributed by atoms with van der Waals surface area (Å²) in [7, 11) is 0. The maximum atomic E-state index is 12.5. The molecule has 1 rings (SSSR count). The van der Waals surface area contributed by atoms with Crippen molar-refractivity contribution in [1.82, 2.24) is 0 Å². The standard InChI is InChI=1S/C14H21BF3O.K/c1-2-3-4-5-6-7-11-19-14-10-8-9-13(12-14)15(16,17)18;/h8-10,12H,2-7,11H2,1H3;/q-1;+1. The van der Waals surface area contributed by atoms with Gasteiger partial charge in [0.2, 0.25) is 0 Å². The second kappa shape index (κ2) is 11.1. The molecule has 0 radical (unpaired) electrons. The fourth-order valence-electron chi connectivity index (χ4n) is 1.88. The molecule has 0 bridgehead atoms. The van der Waals surface area contributed by atoms with Crippen LogP contribution in [-0.2, 0) is 0 Å². The number of rotatable bonds is 9. The van der Waals surface area contributed by atoms with Crippen LogP contribution in [0.2, 0.25) is 0 Å². The van der Waals surface area contributed by atoms with Crippen LogP contribution in [0, 0.1) is 0 Å². The molecular formula is C14H21BF3KO. The van der Waals surface area contributed by atoms with Crippen molar-refractivity contribution in [3.05, 3.63) is 24.3 Å². The van der Waals surface area contributed by atoms with Crippen molar-refractivity contribution in [3.63, 3.8) is 0 Å². The van der Waals surface area contributed by atoms with Gasteiger partial charge in [-0.15, -0.1) is 5.46 Å². The Bertz CT molecular complexity index is 372. The van der Waals surface area contributed by atoms with Crippen molar-refractivity contribution in [3.8, 4) is 5.75 Å². The molecule has 1 nitrogen and oxygen atoms in total. The minimum Gasteiger partial charge on any atom is -0.494 e. The molecule has 0 aliphatic carbocycles. The molecule has 6 heteroatoms. The van der Waals surface area contributed by atoms with Crippen molar-refractivity contribution in [2.24, 2.45) is 0 Å². The van der Waals surface area contributed by atoms with Gasteiger partial charge in [0.05, 0.1) is 6.61 Å². The van der Waals surface area contributed by atoms with Gasteiger partial charge in [-0.3, -0.25) is 0 Å². The monoisotopic (exact) mass is 312 g/mol. The summed E-state index contributed by atoms with van der Waals surface area (Å²) in [6, 6.07) is 5.12. The van der Waals surface area contributed by atoms with Crippen LogP contribution in [-0.4, -0.2) is 13.6 Å². The van der Waals surface area contributed by atoms with E-state index in [1.165, 1.54) is 31.7 Å². The van der Waals surface area contributed by atoms with E-state index in [4.69, 9.17) is 4.74 Å². The maximum absolute atomic E-state index is 12.5. The minimum atomic E-state index is -4.94. The van der Waals surface area contributed by atoms with Crippen LogP contribution < -0.4 is 61.6 Å². The molecule has 0 atom stereocenters. The number of halogens is 3. The van der Waals surface area contributed by atoms with E-state index >= 15 is 0 Å². The molecule has 0 fully saturated rings. The summed E-state index contributed by atoms with van der Waals surface area (Å²) in [5, 5.41) is 0. The molecule has 1 aromatic carbocycles. The van der Waals surface area contributed by atoms with Gasteiger partial charge in [-0.25, -0.2) is 0 Å². The van der Waals surface area contributed by atoms with E-state index in [0.717, 1.165) is 25.0 Å². The van der Waals surface area contributed by atoms with E-state index in [1.807, 2.05) is 0 Å². The molecule has 1 aromatic rings. The third-order valence-corrected chi connectivity index (χ3v) is 3.00. The maximum Gasteiger partial charge on any atom is 1.00 e. The molecule has 0 unspecified atom stereocenters. The van der Waals surface area contributed by atoms with Gasteiger partial charge in [0.1, 0.15) is 5.75 Å². The van der Waals surface area contributed by atoms with E-state index in [2.05, 4.69) is 6.92 Å². The first-order chi connectivity index (χ1) is 9.04. The van der Waals surface area contributed by atoms with Gasteiger partial charge in [-0.05, 0) is 18.6 Å². The molecule has 0 aliphatic heterocycles. The van der Waals surface area contributed by atoms with Crippen LogP contribution in [0.1, 0.15) is 45.4 Å². The van der Waals surface area contributed by atoms with Gasteiger partial charge >= 0.3 is 58.4 Å². The average molecular weight is 312 g/mol. The van der Waals surface area contributed by atoms with Gasteiger partial charge < -0.3 is 17.7 Å². The minimum absolute atomic E-state index is 0. The quantitative estimate of drug-likeness (QED) is 0.496. The molecule has 0 heterocycles. The zero-order valence-electron chi connectivity index (χ0n) is 12.4. The largest absolute Gasteiger partial charge is 1.00 e. The Kier molecular flexibility index (Phi) is 11.4. The Labute approximate surface area is 162 Å². The molecule has 0 amide bonds. The Hall–Kier alpha value is 0.511.